The minimum atomic E-state index is -1.54. The van der Waals surface area contributed by atoms with Gasteiger partial charge in [-0.15, -0.1) is 5.10 Å². The summed E-state index contributed by atoms with van der Waals surface area (Å²) in [4.78, 5) is 8.10. The van der Waals surface area contributed by atoms with Crippen LogP contribution >= 0.6 is 0 Å². The van der Waals surface area contributed by atoms with Crippen LogP contribution in [-0.2, 0) is 0 Å². The van der Waals surface area contributed by atoms with Gasteiger partial charge in [0.1, 0.15) is 5.69 Å². The molecule has 0 aliphatic heterocycles. The number of hydrogen-bond acceptors (Lipinski definition) is 4. The molecule has 0 fully saturated rings. The lowest BCUT2D eigenvalue weighted by Gasteiger charge is -2.05. The van der Waals surface area contributed by atoms with Crippen molar-refractivity contribution in [1.29, 1.82) is 0 Å². The Bertz CT molecular complexity index is 793. The maximum atomic E-state index is 13.8. The summed E-state index contributed by atoms with van der Waals surface area (Å²) in [6.07, 6.45) is 2.87. The van der Waals surface area contributed by atoms with Gasteiger partial charge in [0, 0.05) is 18.0 Å². The Kier molecular flexibility index (Phi) is 3.31. The molecule has 0 aliphatic carbocycles. The average molecular weight is 288 g/mol. The molecule has 0 N–H and O–H groups in total. The van der Waals surface area contributed by atoms with Gasteiger partial charge in [0.2, 0.25) is 0 Å². The van der Waals surface area contributed by atoms with E-state index in [1.54, 1.807) is 12.1 Å². The molecular weight excluding hydrogens is 281 g/mol. The van der Waals surface area contributed by atoms with Gasteiger partial charge in [-0.25, -0.2) is 23.1 Å². The van der Waals surface area contributed by atoms with Crippen LogP contribution in [0, 0.1) is 17.5 Å². The maximum Gasteiger partial charge on any atom is 0.195 e. The fourth-order valence-electron chi connectivity index (χ4n) is 1.78. The summed E-state index contributed by atoms with van der Waals surface area (Å²) in [6, 6.07) is 6.65. The molecule has 0 atom stereocenters. The van der Waals surface area contributed by atoms with Crippen molar-refractivity contribution in [3.05, 3.63) is 60.2 Å². The zero-order valence-electron chi connectivity index (χ0n) is 10.5. The SMILES string of the molecule is Fc1ccc(-c2ccnc(-c3cccnn3)n2)c(F)c1F. The fourth-order valence-corrected chi connectivity index (χ4v) is 1.78. The quantitative estimate of drug-likeness (QED) is 0.680. The van der Waals surface area contributed by atoms with Crippen molar-refractivity contribution in [2.45, 2.75) is 0 Å². The van der Waals surface area contributed by atoms with Gasteiger partial charge in [-0.3, -0.25) is 0 Å². The summed E-state index contributed by atoms with van der Waals surface area (Å²) in [5, 5.41) is 7.53. The van der Waals surface area contributed by atoms with Crippen molar-refractivity contribution in [2.75, 3.05) is 0 Å². The number of hydrogen-bond donors (Lipinski definition) is 0. The number of benzene rings is 1. The molecular formula is C14H7F3N4. The molecule has 0 amide bonds. The maximum absolute atomic E-state index is 13.8. The number of halogens is 3. The minimum absolute atomic E-state index is 0.127. The van der Waals surface area contributed by atoms with E-state index in [-0.39, 0.29) is 17.1 Å². The summed E-state index contributed by atoms with van der Waals surface area (Å²) >= 11 is 0. The lowest BCUT2D eigenvalue weighted by atomic mass is 10.1. The third-order valence-corrected chi connectivity index (χ3v) is 2.77. The number of nitrogens with zero attached hydrogens (tertiary/aromatic N) is 4. The molecule has 21 heavy (non-hydrogen) atoms. The van der Waals surface area contributed by atoms with Crippen LogP contribution < -0.4 is 0 Å². The van der Waals surface area contributed by atoms with Gasteiger partial charge in [-0.1, -0.05) is 0 Å². The van der Waals surface area contributed by atoms with E-state index in [1.807, 2.05) is 0 Å². The first-order valence-electron chi connectivity index (χ1n) is 5.92. The normalized spacial score (nSPS) is 10.6. The standard InChI is InChI=1S/C14H7F3N4/c15-9-4-3-8(12(16)13(9)17)10-5-7-18-14(20-10)11-2-1-6-19-21-11/h1-7H. The van der Waals surface area contributed by atoms with Crippen LogP contribution in [0.25, 0.3) is 22.8 Å². The molecule has 1 aromatic carbocycles. The van der Waals surface area contributed by atoms with Gasteiger partial charge in [0.05, 0.1) is 5.69 Å². The lowest BCUT2D eigenvalue weighted by Crippen LogP contribution is -1.98. The highest BCUT2D eigenvalue weighted by Crippen LogP contribution is 2.25. The van der Waals surface area contributed by atoms with Crippen LogP contribution in [0.4, 0.5) is 13.2 Å². The van der Waals surface area contributed by atoms with E-state index in [0.717, 1.165) is 12.1 Å². The molecule has 2 aromatic heterocycles. The van der Waals surface area contributed by atoms with E-state index in [1.165, 1.54) is 18.5 Å². The fraction of sp³-hybridized carbons (Fsp3) is 0. The molecule has 2 heterocycles. The molecule has 7 heteroatoms. The summed E-state index contributed by atoms with van der Waals surface area (Å²) in [7, 11) is 0. The van der Waals surface area contributed by atoms with Crippen molar-refractivity contribution < 1.29 is 13.2 Å². The van der Waals surface area contributed by atoms with Gasteiger partial charge < -0.3 is 0 Å². The van der Waals surface area contributed by atoms with E-state index in [0.29, 0.717) is 5.69 Å². The number of aromatic nitrogens is 4. The van der Waals surface area contributed by atoms with Crippen molar-refractivity contribution in [3.8, 4) is 22.8 Å². The van der Waals surface area contributed by atoms with Crippen LogP contribution in [0.1, 0.15) is 0 Å². The third kappa shape index (κ3) is 2.45. The van der Waals surface area contributed by atoms with E-state index in [4.69, 9.17) is 0 Å². The smallest absolute Gasteiger partial charge is 0.195 e. The second-order valence-electron chi connectivity index (χ2n) is 4.10. The Morgan fingerprint density at radius 3 is 2.43 bits per heavy atom. The minimum Gasteiger partial charge on any atom is -0.235 e. The molecule has 0 aliphatic rings. The zero-order chi connectivity index (χ0) is 14.8. The Balaban J connectivity index is 2.11. The van der Waals surface area contributed by atoms with Crippen LogP contribution in [0.2, 0.25) is 0 Å². The van der Waals surface area contributed by atoms with Crippen LogP contribution in [0.3, 0.4) is 0 Å². The van der Waals surface area contributed by atoms with Crippen molar-refractivity contribution in [1.82, 2.24) is 20.2 Å². The monoisotopic (exact) mass is 288 g/mol. The van der Waals surface area contributed by atoms with Gasteiger partial charge in [0.15, 0.2) is 23.3 Å². The molecule has 0 bridgehead atoms. The molecule has 0 saturated heterocycles. The summed E-state index contributed by atoms with van der Waals surface area (Å²) < 4.78 is 40.0. The van der Waals surface area contributed by atoms with Crippen LogP contribution in [-0.4, -0.2) is 20.2 Å². The second kappa shape index (κ2) is 5.28. The molecule has 3 aromatic rings. The largest absolute Gasteiger partial charge is 0.235 e. The zero-order valence-corrected chi connectivity index (χ0v) is 10.5. The highest BCUT2D eigenvalue weighted by Gasteiger charge is 2.16. The van der Waals surface area contributed by atoms with E-state index in [2.05, 4.69) is 20.2 Å². The van der Waals surface area contributed by atoms with Crippen molar-refractivity contribution >= 4 is 0 Å². The van der Waals surface area contributed by atoms with Crippen LogP contribution in [0.5, 0.6) is 0 Å². The van der Waals surface area contributed by atoms with Gasteiger partial charge >= 0.3 is 0 Å². The first-order chi connectivity index (χ1) is 10.2. The summed E-state index contributed by atoms with van der Waals surface area (Å²) in [5.74, 6) is -3.87. The molecule has 0 saturated carbocycles. The van der Waals surface area contributed by atoms with Crippen molar-refractivity contribution in [3.63, 3.8) is 0 Å². The van der Waals surface area contributed by atoms with Gasteiger partial charge in [-0.05, 0) is 30.3 Å². The Morgan fingerprint density at radius 1 is 0.810 bits per heavy atom. The number of rotatable bonds is 2. The first kappa shape index (κ1) is 13.2. The lowest BCUT2D eigenvalue weighted by molar-refractivity contribution is 0.449. The third-order valence-electron chi connectivity index (χ3n) is 2.77. The highest BCUT2D eigenvalue weighted by molar-refractivity contribution is 5.62. The van der Waals surface area contributed by atoms with Crippen molar-refractivity contribution in [2.24, 2.45) is 0 Å². The average Bonchev–Trinajstić information content (AvgIpc) is 2.54. The van der Waals surface area contributed by atoms with Crippen LogP contribution in [0.15, 0.2) is 42.7 Å². The topological polar surface area (TPSA) is 51.6 Å². The molecule has 104 valence electrons. The first-order valence-corrected chi connectivity index (χ1v) is 5.92. The Labute approximate surface area is 117 Å². The summed E-state index contributed by atoms with van der Waals surface area (Å²) in [6.45, 7) is 0. The summed E-state index contributed by atoms with van der Waals surface area (Å²) in [5.41, 5.74) is 0.367. The van der Waals surface area contributed by atoms with E-state index in [9.17, 15) is 13.2 Å². The predicted octanol–water partition coefficient (Wildman–Crippen LogP) is 3.02. The molecule has 4 nitrogen and oxygen atoms in total. The Hall–Kier alpha value is -2.83. The molecule has 0 spiro atoms. The van der Waals surface area contributed by atoms with Gasteiger partial charge in [-0.2, -0.15) is 5.10 Å². The molecule has 3 rings (SSSR count). The van der Waals surface area contributed by atoms with E-state index < -0.39 is 17.5 Å². The second-order valence-corrected chi connectivity index (χ2v) is 4.10. The van der Waals surface area contributed by atoms with Gasteiger partial charge in [0.25, 0.3) is 0 Å². The molecule has 0 radical (unpaired) electrons. The highest BCUT2D eigenvalue weighted by atomic mass is 19.2. The predicted molar refractivity (Wildman–Crippen MR) is 68.4 cm³/mol. The van der Waals surface area contributed by atoms with E-state index >= 15 is 0 Å². The molecule has 0 unspecified atom stereocenters. The Morgan fingerprint density at radius 2 is 1.67 bits per heavy atom.